The van der Waals surface area contributed by atoms with Gasteiger partial charge in [0, 0.05) is 18.4 Å². The molecule has 0 radical (unpaired) electrons. The minimum Gasteiger partial charge on any atom is -0.362 e. The Bertz CT molecular complexity index is 1350. The van der Waals surface area contributed by atoms with E-state index in [1.165, 1.54) is 13.0 Å². The summed E-state index contributed by atoms with van der Waals surface area (Å²) in [6.07, 6.45) is -0.184. The van der Waals surface area contributed by atoms with Crippen LogP contribution in [-0.4, -0.2) is 30.6 Å². The second-order valence-corrected chi connectivity index (χ2v) is 7.78. The van der Waals surface area contributed by atoms with Gasteiger partial charge in [-0.2, -0.15) is 18.3 Å². The van der Waals surface area contributed by atoms with Crippen molar-refractivity contribution >= 4 is 28.6 Å². The van der Waals surface area contributed by atoms with Gasteiger partial charge in [0.2, 0.25) is 5.65 Å². The number of nitrogens with zero attached hydrogens (tertiary/aromatic N) is 5. The highest BCUT2D eigenvalue weighted by Crippen LogP contribution is 2.30. The second-order valence-electron chi connectivity index (χ2n) is 7.78. The fraction of sp³-hybridized carbons (Fsp3) is 0.261. The average molecular weight is 469 g/mol. The fourth-order valence-corrected chi connectivity index (χ4v) is 3.47. The fourth-order valence-electron chi connectivity index (χ4n) is 3.47. The highest BCUT2D eigenvalue weighted by atomic mass is 19.4. The van der Waals surface area contributed by atoms with E-state index in [0.29, 0.717) is 22.7 Å². The number of carbonyl (C=O) groups excluding carboxylic acids is 1. The number of benzene rings is 1. The molecule has 176 valence electrons. The Hall–Kier alpha value is -4.02. The zero-order chi connectivity index (χ0) is 24.5. The Morgan fingerprint density at radius 2 is 1.97 bits per heavy atom. The molecule has 0 spiro atoms. The van der Waals surface area contributed by atoms with Crippen LogP contribution >= 0.6 is 0 Å². The SMILES string of the molecule is CCn1cc2ncc(N[C@@H](C)c3cccc(NC(=O)c4cnc(C(F)(F)F)c(C)c4)c3)nc2n1. The summed E-state index contributed by atoms with van der Waals surface area (Å²) in [6.45, 7) is 5.90. The number of halogens is 3. The Kier molecular flexibility index (Phi) is 6.18. The number of carbonyl (C=O) groups is 1. The normalized spacial score (nSPS) is 12.5. The highest BCUT2D eigenvalue weighted by Gasteiger charge is 2.34. The molecule has 8 nitrogen and oxygen atoms in total. The summed E-state index contributed by atoms with van der Waals surface area (Å²) in [4.78, 5) is 24.9. The number of aromatic nitrogens is 5. The Morgan fingerprint density at radius 3 is 2.68 bits per heavy atom. The molecule has 4 rings (SSSR count). The van der Waals surface area contributed by atoms with Crippen molar-refractivity contribution in [1.29, 1.82) is 0 Å². The maximum Gasteiger partial charge on any atom is 0.433 e. The van der Waals surface area contributed by atoms with Gasteiger partial charge in [-0.25, -0.2) is 9.97 Å². The maximum atomic E-state index is 12.9. The number of pyridine rings is 1. The van der Waals surface area contributed by atoms with Gasteiger partial charge in [-0.15, -0.1) is 0 Å². The third kappa shape index (κ3) is 4.98. The Morgan fingerprint density at radius 1 is 1.18 bits per heavy atom. The first-order valence-corrected chi connectivity index (χ1v) is 10.6. The number of nitrogens with one attached hydrogen (secondary N) is 2. The zero-order valence-electron chi connectivity index (χ0n) is 18.7. The number of hydrogen-bond donors (Lipinski definition) is 2. The minimum absolute atomic E-state index is 0.0390. The topological polar surface area (TPSA) is 97.6 Å². The van der Waals surface area contributed by atoms with Crippen LogP contribution in [-0.2, 0) is 12.7 Å². The van der Waals surface area contributed by atoms with Gasteiger partial charge in [0.15, 0.2) is 0 Å². The lowest BCUT2D eigenvalue weighted by Gasteiger charge is -2.16. The van der Waals surface area contributed by atoms with Crippen molar-refractivity contribution in [1.82, 2.24) is 24.7 Å². The van der Waals surface area contributed by atoms with Gasteiger partial charge in [0.1, 0.15) is 17.0 Å². The maximum absolute atomic E-state index is 12.9. The van der Waals surface area contributed by atoms with E-state index in [1.807, 2.05) is 26.1 Å². The average Bonchev–Trinajstić information content (AvgIpc) is 3.21. The Balaban J connectivity index is 1.47. The summed E-state index contributed by atoms with van der Waals surface area (Å²) in [7, 11) is 0. The van der Waals surface area contributed by atoms with E-state index >= 15 is 0 Å². The molecule has 0 saturated heterocycles. The largest absolute Gasteiger partial charge is 0.433 e. The molecule has 11 heteroatoms. The van der Waals surface area contributed by atoms with Crippen LogP contribution in [0.2, 0.25) is 0 Å². The number of alkyl halides is 3. The molecule has 34 heavy (non-hydrogen) atoms. The minimum atomic E-state index is -4.57. The summed E-state index contributed by atoms with van der Waals surface area (Å²) in [5.74, 6) is 0.00649. The van der Waals surface area contributed by atoms with Crippen molar-refractivity contribution in [2.45, 2.75) is 39.5 Å². The van der Waals surface area contributed by atoms with Gasteiger partial charge in [-0.3, -0.25) is 14.5 Å². The van der Waals surface area contributed by atoms with E-state index < -0.39 is 17.8 Å². The van der Waals surface area contributed by atoms with Crippen molar-refractivity contribution in [2.24, 2.45) is 0 Å². The first kappa shape index (κ1) is 23.1. The standard InChI is InChI=1S/C23H22F3N7O/c1-4-33-12-18-21(32-33)31-19(11-27-18)29-14(3)15-6-5-7-17(9-15)30-22(34)16-8-13(2)20(28-10-16)23(24,25)26/h5-12,14H,4H2,1-3H3,(H,30,34)(H,29,31,32)/t14-/m0/s1. The highest BCUT2D eigenvalue weighted by molar-refractivity contribution is 6.04. The van der Waals surface area contributed by atoms with E-state index in [0.717, 1.165) is 18.3 Å². The number of rotatable bonds is 6. The van der Waals surface area contributed by atoms with Crippen molar-refractivity contribution < 1.29 is 18.0 Å². The Labute approximate surface area is 193 Å². The summed E-state index contributed by atoms with van der Waals surface area (Å²) in [5.41, 5.74) is 1.52. The number of hydrogen-bond acceptors (Lipinski definition) is 6. The van der Waals surface area contributed by atoms with Crippen LogP contribution in [0.3, 0.4) is 0 Å². The lowest BCUT2D eigenvalue weighted by atomic mass is 10.1. The number of fused-ring (bicyclic) bond motifs is 1. The molecule has 4 aromatic rings. The number of aryl methyl sites for hydroxylation is 2. The zero-order valence-corrected chi connectivity index (χ0v) is 18.7. The number of amides is 1. The molecule has 0 saturated carbocycles. The molecule has 0 aliphatic heterocycles. The molecule has 2 N–H and O–H groups in total. The molecule has 1 atom stereocenters. The molecule has 0 bridgehead atoms. The van der Waals surface area contributed by atoms with Crippen LogP contribution in [0.1, 0.15) is 47.1 Å². The summed E-state index contributed by atoms with van der Waals surface area (Å²) in [5, 5.41) is 10.3. The molecule has 0 aliphatic rings. The molecule has 3 heterocycles. The lowest BCUT2D eigenvalue weighted by Crippen LogP contribution is -2.16. The molecule has 1 aromatic carbocycles. The summed E-state index contributed by atoms with van der Waals surface area (Å²) < 4.78 is 40.5. The predicted molar refractivity (Wildman–Crippen MR) is 121 cm³/mol. The van der Waals surface area contributed by atoms with Gasteiger partial charge in [-0.05, 0) is 50.1 Å². The van der Waals surface area contributed by atoms with Crippen molar-refractivity contribution in [3.63, 3.8) is 0 Å². The summed E-state index contributed by atoms with van der Waals surface area (Å²) in [6, 6.07) is 8.13. The van der Waals surface area contributed by atoms with Crippen LogP contribution in [0.15, 0.2) is 48.9 Å². The van der Waals surface area contributed by atoms with Gasteiger partial charge in [-0.1, -0.05) is 12.1 Å². The molecule has 3 aromatic heterocycles. The first-order valence-electron chi connectivity index (χ1n) is 10.6. The third-order valence-electron chi connectivity index (χ3n) is 5.22. The van der Waals surface area contributed by atoms with Gasteiger partial charge < -0.3 is 10.6 Å². The van der Waals surface area contributed by atoms with Crippen LogP contribution in [0.4, 0.5) is 24.7 Å². The van der Waals surface area contributed by atoms with Gasteiger partial charge in [0.05, 0.1) is 24.0 Å². The van der Waals surface area contributed by atoms with Crippen LogP contribution < -0.4 is 10.6 Å². The van der Waals surface area contributed by atoms with E-state index in [-0.39, 0.29) is 17.2 Å². The second kappa shape index (κ2) is 9.08. The van der Waals surface area contributed by atoms with Gasteiger partial charge in [0.25, 0.3) is 5.91 Å². The molecular formula is C23H22F3N7O. The smallest absolute Gasteiger partial charge is 0.362 e. The van der Waals surface area contributed by atoms with Gasteiger partial charge >= 0.3 is 6.18 Å². The van der Waals surface area contributed by atoms with Crippen LogP contribution in [0.5, 0.6) is 0 Å². The molecule has 0 fully saturated rings. The van der Waals surface area contributed by atoms with Crippen molar-refractivity contribution in [3.05, 3.63) is 71.3 Å². The van der Waals surface area contributed by atoms with E-state index in [1.54, 1.807) is 29.1 Å². The quantitative estimate of drug-likeness (QED) is 0.413. The van der Waals surface area contributed by atoms with E-state index in [4.69, 9.17) is 0 Å². The predicted octanol–water partition coefficient (Wildman–Crippen LogP) is 4.99. The molecule has 1 amide bonds. The van der Waals surface area contributed by atoms with Crippen LogP contribution in [0.25, 0.3) is 11.2 Å². The molecular weight excluding hydrogens is 447 g/mol. The van der Waals surface area contributed by atoms with E-state index in [2.05, 4.69) is 30.7 Å². The van der Waals surface area contributed by atoms with Crippen LogP contribution in [0, 0.1) is 6.92 Å². The molecule has 0 unspecified atom stereocenters. The van der Waals surface area contributed by atoms with Crippen molar-refractivity contribution in [2.75, 3.05) is 10.6 Å². The summed E-state index contributed by atoms with van der Waals surface area (Å²) >= 11 is 0. The lowest BCUT2D eigenvalue weighted by molar-refractivity contribution is -0.141. The first-order chi connectivity index (χ1) is 16.1. The third-order valence-corrected chi connectivity index (χ3v) is 5.22. The van der Waals surface area contributed by atoms with Crippen molar-refractivity contribution in [3.8, 4) is 0 Å². The number of anilines is 2. The molecule has 0 aliphatic carbocycles. The van der Waals surface area contributed by atoms with E-state index in [9.17, 15) is 18.0 Å². The monoisotopic (exact) mass is 469 g/mol.